The topological polar surface area (TPSA) is 99.8 Å². The molecule has 0 atom stereocenters. The fraction of sp³-hybridized carbons (Fsp3) is 0.353. The van der Waals surface area contributed by atoms with Crippen molar-refractivity contribution in [3.63, 3.8) is 0 Å². The fourth-order valence-electron chi connectivity index (χ4n) is 2.59. The van der Waals surface area contributed by atoms with E-state index in [2.05, 4.69) is 25.9 Å². The first kappa shape index (κ1) is 17.6. The zero-order valence-corrected chi connectivity index (χ0v) is 15.2. The highest BCUT2D eigenvalue weighted by Gasteiger charge is 2.12. The lowest BCUT2D eigenvalue weighted by atomic mass is 10.1. The van der Waals surface area contributed by atoms with Gasteiger partial charge in [0, 0.05) is 37.5 Å². The van der Waals surface area contributed by atoms with Crippen molar-refractivity contribution < 1.29 is 9.53 Å². The zero-order valence-electron chi connectivity index (χ0n) is 15.2. The van der Waals surface area contributed by atoms with Crippen LogP contribution in [0.1, 0.15) is 33.1 Å². The number of nitrogens with zero attached hydrogens (tertiary/aromatic N) is 6. The van der Waals surface area contributed by atoms with Crippen molar-refractivity contribution in [2.45, 2.75) is 27.0 Å². The summed E-state index contributed by atoms with van der Waals surface area (Å²) in [7, 11) is 3.63. The Labute approximate surface area is 151 Å². The van der Waals surface area contributed by atoms with Crippen molar-refractivity contribution in [3.8, 4) is 5.75 Å². The van der Waals surface area contributed by atoms with Crippen LogP contribution in [0.15, 0.2) is 24.3 Å². The Balaban J connectivity index is 1.63. The maximum Gasteiger partial charge on any atom is 0.251 e. The largest absolute Gasteiger partial charge is 0.486 e. The van der Waals surface area contributed by atoms with Crippen LogP contribution in [0.4, 0.5) is 0 Å². The summed E-state index contributed by atoms with van der Waals surface area (Å²) in [5, 5.41) is 18.5. The van der Waals surface area contributed by atoms with Crippen LogP contribution in [0.25, 0.3) is 0 Å². The second-order valence-corrected chi connectivity index (χ2v) is 5.99. The average Bonchev–Trinajstić information content (AvgIpc) is 3.14. The fourth-order valence-corrected chi connectivity index (χ4v) is 2.59. The molecule has 0 bridgehead atoms. The molecule has 0 aliphatic rings. The molecule has 2 aromatic heterocycles. The van der Waals surface area contributed by atoms with Crippen molar-refractivity contribution in [3.05, 3.63) is 52.6 Å². The maximum absolute atomic E-state index is 12.5. The first-order valence-corrected chi connectivity index (χ1v) is 8.17. The predicted octanol–water partition coefficient (Wildman–Crippen LogP) is 1.07. The smallest absolute Gasteiger partial charge is 0.251 e. The molecule has 9 nitrogen and oxygen atoms in total. The number of benzene rings is 1. The minimum absolute atomic E-state index is 0.168. The molecule has 2 heterocycles. The van der Waals surface area contributed by atoms with Gasteiger partial charge in [0.15, 0.2) is 5.82 Å². The van der Waals surface area contributed by atoms with Crippen LogP contribution < -0.4 is 10.1 Å². The molecule has 26 heavy (non-hydrogen) atoms. The number of ether oxygens (including phenoxy) is 1. The standard InChI is InChI=1S/C17H21N7O2/c1-11-15(12(2)23(3)20-11)9-18-17(25)13-6-5-7-14(8-13)26-10-16-19-21-22-24(16)4/h5-8H,9-10H2,1-4H3,(H,18,25). The highest BCUT2D eigenvalue weighted by Crippen LogP contribution is 2.16. The van der Waals surface area contributed by atoms with E-state index in [9.17, 15) is 4.79 Å². The SMILES string of the molecule is Cc1nn(C)c(C)c1CNC(=O)c1cccc(OCc2nnnn2C)c1. The van der Waals surface area contributed by atoms with Gasteiger partial charge in [-0.2, -0.15) is 5.10 Å². The van der Waals surface area contributed by atoms with Crippen molar-refractivity contribution in [1.82, 2.24) is 35.3 Å². The van der Waals surface area contributed by atoms with Crippen molar-refractivity contribution in [2.24, 2.45) is 14.1 Å². The van der Waals surface area contributed by atoms with Gasteiger partial charge in [0.25, 0.3) is 5.91 Å². The van der Waals surface area contributed by atoms with E-state index in [1.54, 1.807) is 31.3 Å². The summed E-state index contributed by atoms with van der Waals surface area (Å²) in [5.74, 6) is 1.01. The number of amides is 1. The third-order valence-electron chi connectivity index (χ3n) is 4.26. The van der Waals surface area contributed by atoms with Gasteiger partial charge in [0.2, 0.25) is 0 Å². The highest BCUT2D eigenvalue weighted by atomic mass is 16.5. The van der Waals surface area contributed by atoms with Gasteiger partial charge in [-0.05, 0) is 42.5 Å². The van der Waals surface area contributed by atoms with Gasteiger partial charge in [-0.1, -0.05) is 6.07 Å². The van der Waals surface area contributed by atoms with Crippen molar-refractivity contribution in [1.29, 1.82) is 0 Å². The van der Waals surface area contributed by atoms with E-state index < -0.39 is 0 Å². The third kappa shape index (κ3) is 3.71. The van der Waals surface area contributed by atoms with Crippen LogP contribution in [-0.4, -0.2) is 35.9 Å². The van der Waals surface area contributed by atoms with Crippen LogP contribution in [0, 0.1) is 13.8 Å². The van der Waals surface area contributed by atoms with E-state index in [4.69, 9.17) is 4.74 Å². The van der Waals surface area contributed by atoms with E-state index >= 15 is 0 Å². The predicted molar refractivity (Wildman–Crippen MR) is 93.4 cm³/mol. The number of carbonyl (C=O) groups is 1. The summed E-state index contributed by atoms with van der Waals surface area (Å²) in [6.07, 6.45) is 0. The Morgan fingerprint density at radius 1 is 1.23 bits per heavy atom. The Kier molecular flexibility index (Phi) is 4.97. The van der Waals surface area contributed by atoms with E-state index in [0.29, 0.717) is 23.7 Å². The van der Waals surface area contributed by atoms with Crippen LogP contribution in [0.3, 0.4) is 0 Å². The number of hydrogen-bond donors (Lipinski definition) is 1. The summed E-state index contributed by atoms with van der Waals surface area (Å²) < 4.78 is 9.02. The quantitative estimate of drug-likeness (QED) is 0.710. The monoisotopic (exact) mass is 355 g/mol. The van der Waals surface area contributed by atoms with E-state index in [1.165, 1.54) is 4.68 Å². The second kappa shape index (κ2) is 7.34. The van der Waals surface area contributed by atoms with Crippen LogP contribution >= 0.6 is 0 Å². The molecule has 0 radical (unpaired) electrons. The Bertz CT molecular complexity index is 929. The number of rotatable bonds is 6. The third-order valence-corrected chi connectivity index (χ3v) is 4.26. The molecule has 0 aliphatic heterocycles. The molecule has 0 unspecified atom stereocenters. The summed E-state index contributed by atoms with van der Waals surface area (Å²) >= 11 is 0. The number of aryl methyl sites for hydroxylation is 3. The van der Waals surface area contributed by atoms with E-state index in [1.807, 2.05) is 25.6 Å². The van der Waals surface area contributed by atoms with E-state index in [-0.39, 0.29) is 12.5 Å². The first-order chi connectivity index (χ1) is 12.5. The second-order valence-electron chi connectivity index (χ2n) is 5.99. The summed E-state index contributed by atoms with van der Waals surface area (Å²) in [5.41, 5.74) is 3.51. The Morgan fingerprint density at radius 3 is 2.69 bits per heavy atom. The molecule has 0 fully saturated rings. The average molecular weight is 355 g/mol. The van der Waals surface area contributed by atoms with E-state index in [0.717, 1.165) is 17.0 Å². The normalized spacial score (nSPS) is 10.8. The van der Waals surface area contributed by atoms with Crippen molar-refractivity contribution in [2.75, 3.05) is 0 Å². The molecule has 0 spiro atoms. The number of carbonyl (C=O) groups excluding carboxylic acids is 1. The molecule has 1 amide bonds. The van der Waals surface area contributed by atoms with Crippen molar-refractivity contribution >= 4 is 5.91 Å². The lowest BCUT2D eigenvalue weighted by molar-refractivity contribution is 0.0950. The van der Waals surface area contributed by atoms with Gasteiger partial charge < -0.3 is 10.1 Å². The lowest BCUT2D eigenvalue weighted by Crippen LogP contribution is -2.23. The molecule has 3 aromatic rings. The number of aromatic nitrogens is 6. The molecule has 1 N–H and O–H groups in total. The molecule has 1 aromatic carbocycles. The van der Waals surface area contributed by atoms with Crippen LogP contribution in [0.5, 0.6) is 5.75 Å². The van der Waals surface area contributed by atoms with Gasteiger partial charge in [-0.15, -0.1) is 5.10 Å². The molecule has 0 saturated heterocycles. The Hall–Kier alpha value is -3.23. The molecule has 3 rings (SSSR count). The zero-order chi connectivity index (χ0) is 18.7. The summed E-state index contributed by atoms with van der Waals surface area (Å²) in [4.78, 5) is 12.5. The molecular weight excluding hydrogens is 334 g/mol. The van der Waals surface area contributed by atoms with Gasteiger partial charge in [-0.25, -0.2) is 4.68 Å². The summed E-state index contributed by atoms with van der Waals surface area (Å²) in [6, 6.07) is 7.01. The van der Waals surface area contributed by atoms with Crippen LogP contribution in [0.2, 0.25) is 0 Å². The molecule has 9 heteroatoms. The molecular formula is C17H21N7O2. The minimum Gasteiger partial charge on any atom is -0.486 e. The minimum atomic E-state index is -0.168. The number of nitrogens with one attached hydrogen (secondary N) is 1. The highest BCUT2D eigenvalue weighted by molar-refractivity contribution is 5.94. The van der Waals surface area contributed by atoms with Gasteiger partial charge in [0.1, 0.15) is 12.4 Å². The Morgan fingerprint density at radius 2 is 2.04 bits per heavy atom. The molecule has 136 valence electrons. The summed E-state index contributed by atoms with van der Waals surface area (Å²) in [6.45, 7) is 4.57. The van der Waals surface area contributed by atoms with Gasteiger partial charge in [0.05, 0.1) is 5.69 Å². The number of hydrogen-bond acceptors (Lipinski definition) is 6. The van der Waals surface area contributed by atoms with Crippen LogP contribution in [-0.2, 0) is 27.2 Å². The maximum atomic E-state index is 12.5. The van der Waals surface area contributed by atoms with Gasteiger partial charge >= 0.3 is 0 Å². The molecule has 0 aliphatic carbocycles. The lowest BCUT2D eigenvalue weighted by Gasteiger charge is -2.09. The number of tetrazole rings is 1. The molecule has 0 saturated carbocycles. The van der Waals surface area contributed by atoms with Gasteiger partial charge in [-0.3, -0.25) is 9.48 Å². The first-order valence-electron chi connectivity index (χ1n) is 8.17.